The molecule has 0 aromatic rings. The zero-order valence-electron chi connectivity index (χ0n) is 11.0. The molecule has 1 N–H and O–H groups in total. The number of hydrogen-bond acceptors (Lipinski definition) is 2. The summed E-state index contributed by atoms with van der Waals surface area (Å²) in [5, 5.41) is 3.31. The Labute approximate surface area is 101 Å². The molecule has 0 aromatic carbocycles. The van der Waals surface area contributed by atoms with Gasteiger partial charge in [0.2, 0.25) is 0 Å². The van der Waals surface area contributed by atoms with Crippen LogP contribution in [0.5, 0.6) is 0 Å². The summed E-state index contributed by atoms with van der Waals surface area (Å²) in [6, 6.07) is 0. The molecule has 2 heteroatoms. The van der Waals surface area contributed by atoms with Gasteiger partial charge in [-0.15, -0.1) is 0 Å². The smallest absolute Gasteiger partial charge is 0.00224 e. The van der Waals surface area contributed by atoms with Crippen LogP contribution in [0.15, 0.2) is 0 Å². The highest BCUT2D eigenvalue weighted by molar-refractivity contribution is 4.80. The first-order chi connectivity index (χ1) is 7.78. The lowest BCUT2D eigenvalue weighted by molar-refractivity contribution is 0.199. The van der Waals surface area contributed by atoms with E-state index in [9.17, 15) is 0 Å². The predicted octanol–water partition coefficient (Wildman–Crippen LogP) is 2.35. The van der Waals surface area contributed by atoms with Gasteiger partial charge in [-0.2, -0.15) is 0 Å². The first kappa shape index (κ1) is 12.4. The van der Waals surface area contributed by atoms with Gasteiger partial charge in [0.25, 0.3) is 0 Å². The third-order valence-electron chi connectivity index (χ3n) is 4.42. The minimum absolute atomic E-state index is 0.908. The summed E-state index contributed by atoms with van der Waals surface area (Å²) < 4.78 is 0. The Morgan fingerprint density at radius 1 is 1.19 bits per heavy atom. The highest BCUT2D eigenvalue weighted by Crippen LogP contribution is 2.30. The Morgan fingerprint density at radius 2 is 2.06 bits per heavy atom. The molecule has 3 atom stereocenters. The lowest BCUT2D eigenvalue weighted by atomic mass is 9.82. The van der Waals surface area contributed by atoms with Crippen LogP contribution < -0.4 is 5.32 Å². The summed E-state index contributed by atoms with van der Waals surface area (Å²) in [4.78, 5) is 2.71. The molecule has 2 aliphatic rings. The summed E-state index contributed by atoms with van der Waals surface area (Å²) in [6.45, 7) is 7.70. The number of nitrogens with zero attached hydrogens (tertiary/aromatic N) is 1. The normalized spacial score (nSPS) is 36.8. The first-order valence-electron chi connectivity index (χ1n) is 7.15. The van der Waals surface area contributed by atoms with E-state index < -0.39 is 0 Å². The highest BCUT2D eigenvalue weighted by atomic mass is 15.1. The van der Waals surface area contributed by atoms with E-state index in [-0.39, 0.29) is 0 Å². The molecule has 1 aliphatic heterocycles. The maximum atomic E-state index is 3.31. The fraction of sp³-hybridized carbons (Fsp3) is 1.00. The lowest BCUT2D eigenvalue weighted by Crippen LogP contribution is -2.31. The van der Waals surface area contributed by atoms with E-state index in [2.05, 4.69) is 24.2 Å². The Kier molecular flexibility index (Phi) is 4.66. The molecule has 0 bridgehead atoms. The van der Waals surface area contributed by atoms with Crippen LogP contribution in [0.1, 0.15) is 39.0 Å². The molecule has 1 saturated carbocycles. The van der Waals surface area contributed by atoms with E-state index in [0.717, 1.165) is 17.8 Å². The van der Waals surface area contributed by atoms with Gasteiger partial charge in [0.15, 0.2) is 0 Å². The fourth-order valence-electron chi connectivity index (χ4n) is 3.62. The molecule has 1 aliphatic carbocycles. The standard InChI is InChI=1S/C14H28N2/c1-12-4-3-5-13(8-12)10-16-7-6-14(11-16)9-15-2/h12-15H,3-11H2,1-2H3. The number of hydrogen-bond donors (Lipinski definition) is 1. The van der Waals surface area contributed by atoms with Crippen LogP contribution in [0.25, 0.3) is 0 Å². The van der Waals surface area contributed by atoms with Gasteiger partial charge in [-0.05, 0) is 57.2 Å². The van der Waals surface area contributed by atoms with Crippen molar-refractivity contribution in [3.63, 3.8) is 0 Å². The SMILES string of the molecule is CNCC1CCN(CC2CCCC(C)C2)C1. The number of rotatable bonds is 4. The van der Waals surface area contributed by atoms with E-state index in [1.807, 2.05) is 0 Å². The summed E-state index contributed by atoms with van der Waals surface area (Å²) >= 11 is 0. The largest absolute Gasteiger partial charge is 0.319 e. The van der Waals surface area contributed by atoms with Gasteiger partial charge >= 0.3 is 0 Å². The van der Waals surface area contributed by atoms with Crippen LogP contribution in [0.4, 0.5) is 0 Å². The van der Waals surface area contributed by atoms with E-state index in [1.165, 1.54) is 58.3 Å². The maximum Gasteiger partial charge on any atom is 0.00224 e. The third-order valence-corrected chi connectivity index (χ3v) is 4.42. The van der Waals surface area contributed by atoms with Crippen LogP contribution in [0, 0.1) is 17.8 Å². The summed E-state index contributed by atoms with van der Waals surface area (Å²) in [5.41, 5.74) is 0. The van der Waals surface area contributed by atoms with Crippen molar-refractivity contribution in [2.45, 2.75) is 39.0 Å². The van der Waals surface area contributed by atoms with Gasteiger partial charge in [-0.3, -0.25) is 0 Å². The van der Waals surface area contributed by atoms with Crippen LogP contribution >= 0.6 is 0 Å². The molecule has 0 spiro atoms. The number of nitrogens with one attached hydrogen (secondary N) is 1. The van der Waals surface area contributed by atoms with E-state index in [4.69, 9.17) is 0 Å². The van der Waals surface area contributed by atoms with Gasteiger partial charge < -0.3 is 10.2 Å². The Hall–Kier alpha value is -0.0800. The molecule has 16 heavy (non-hydrogen) atoms. The minimum atomic E-state index is 0.908. The second-order valence-electron chi connectivity index (χ2n) is 6.11. The quantitative estimate of drug-likeness (QED) is 0.788. The van der Waals surface area contributed by atoms with Crippen LogP contribution in [0.2, 0.25) is 0 Å². The van der Waals surface area contributed by atoms with Crippen molar-refractivity contribution in [3.8, 4) is 0 Å². The monoisotopic (exact) mass is 224 g/mol. The summed E-state index contributed by atoms with van der Waals surface area (Å²) in [5.74, 6) is 2.89. The van der Waals surface area contributed by atoms with Gasteiger partial charge in [0.1, 0.15) is 0 Å². The maximum absolute atomic E-state index is 3.31. The van der Waals surface area contributed by atoms with E-state index in [1.54, 1.807) is 0 Å². The van der Waals surface area contributed by atoms with Crippen molar-refractivity contribution < 1.29 is 0 Å². The van der Waals surface area contributed by atoms with Crippen LogP contribution in [0.3, 0.4) is 0 Å². The molecule has 2 nitrogen and oxygen atoms in total. The van der Waals surface area contributed by atoms with Gasteiger partial charge in [0, 0.05) is 13.1 Å². The molecule has 0 aromatic heterocycles. The second kappa shape index (κ2) is 6.02. The summed E-state index contributed by atoms with van der Waals surface area (Å²) in [7, 11) is 2.07. The van der Waals surface area contributed by atoms with Crippen LogP contribution in [-0.4, -0.2) is 38.1 Å². The van der Waals surface area contributed by atoms with Crippen molar-refractivity contribution in [1.82, 2.24) is 10.2 Å². The zero-order chi connectivity index (χ0) is 11.4. The molecular weight excluding hydrogens is 196 g/mol. The van der Waals surface area contributed by atoms with E-state index in [0.29, 0.717) is 0 Å². The lowest BCUT2D eigenvalue weighted by Gasteiger charge is -2.30. The summed E-state index contributed by atoms with van der Waals surface area (Å²) in [6.07, 6.45) is 7.31. The topological polar surface area (TPSA) is 15.3 Å². The molecular formula is C14H28N2. The Morgan fingerprint density at radius 3 is 2.81 bits per heavy atom. The van der Waals surface area contributed by atoms with Crippen molar-refractivity contribution in [3.05, 3.63) is 0 Å². The second-order valence-corrected chi connectivity index (χ2v) is 6.11. The van der Waals surface area contributed by atoms with Gasteiger partial charge in [-0.25, -0.2) is 0 Å². The van der Waals surface area contributed by atoms with Crippen molar-refractivity contribution in [2.75, 3.05) is 33.2 Å². The fourth-order valence-corrected chi connectivity index (χ4v) is 3.62. The first-order valence-corrected chi connectivity index (χ1v) is 7.15. The molecule has 2 fully saturated rings. The molecule has 0 radical (unpaired) electrons. The average molecular weight is 224 g/mol. The van der Waals surface area contributed by atoms with Crippen molar-refractivity contribution in [2.24, 2.45) is 17.8 Å². The number of likely N-dealkylation sites (tertiary alicyclic amines) is 1. The molecule has 2 rings (SSSR count). The molecule has 3 unspecified atom stereocenters. The average Bonchev–Trinajstić information content (AvgIpc) is 2.66. The zero-order valence-corrected chi connectivity index (χ0v) is 11.0. The van der Waals surface area contributed by atoms with Crippen molar-refractivity contribution >= 4 is 0 Å². The molecule has 1 heterocycles. The third kappa shape index (κ3) is 3.46. The van der Waals surface area contributed by atoms with Crippen LogP contribution in [-0.2, 0) is 0 Å². The Bertz CT molecular complexity index is 205. The van der Waals surface area contributed by atoms with Gasteiger partial charge in [0.05, 0.1) is 0 Å². The molecule has 0 amide bonds. The molecule has 1 saturated heterocycles. The van der Waals surface area contributed by atoms with Gasteiger partial charge in [-0.1, -0.05) is 19.8 Å². The van der Waals surface area contributed by atoms with Crippen molar-refractivity contribution in [1.29, 1.82) is 0 Å². The van der Waals surface area contributed by atoms with E-state index >= 15 is 0 Å². The minimum Gasteiger partial charge on any atom is -0.319 e. The molecule has 94 valence electrons. The predicted molar refractivity (Wildman–Crippen MR) is 69.6 cm³/mol. The Balaban J connectivity index is 1.70. The highest BCUT2D eigenvalue weighted by Gasteiger charge is 2.26.